The normalized spacial score (nSPS) is 15.1. The number of hydrogen-bond donors (Lipinski definition) is 1. The Morgan fingerprint density at radius 2 is 0.808 bits per heavy atom. The predicted octanol–water partition coefficient (Wildman–Crippen LogP) is 16.6. The Kier molecular flexibility index (Phi) is 35.7. The molecule has 0 radical (unpaired) electrons. The minimum absolute atomic E-state index is 0. The molecule has 2 unspecified atom stereocenters. The molecule has 10 heteroatoms. The van der Waals surface area contributed by atoms with Crippen molar-refractivity contribution in [3.63, 3.8) is 0 Å². The monoisotopic (exact) mass is 1030 g/mol. The molecule has 1 aliphatic carbocycles. The lowest BCUT2D eigenvalue weighted by atomic mass is 9.69. The molecule has 1 aromatic heterocycles. The van der Waals surface area contributed by atoms with E-state index in [-0.39, 0.29) is 90.4 Å². The molecule has 426 valence electrons. The fourth-order valence-corrected chi connectivity index (χ4v) is 7.33. The second kappa shape index (κ2) is 33.4. The summed E-state index contributed by atoms with van der Waals surface area (Å²) in [6, 6.07) is 1.65. The van der Waals surface area contributed by atoms with Gasteiger partial charge in [0.15, 0.2) is 11.6 Å². The van der Waals surface area contributed by atoms with Crippen LogP contribution >= 0.6 is 0 Å². The van der Waals surface area contributed by atoms with E-state index in [0.29, 0.717) is 60.1 Å². The first-order valence-electron chi connectivity index (χ1n) is 26.4. The van der Waals surface area contributed by atoms with Crippen LogP contribution in [0, 0.1) is 55.7 Å². The van der Waals surface area contributed by atoms with Crippen LogP contribution in [0.25, 0.3) is 0 Å². The molecule has 10 nitrogen and oxygen atoms in total. The number of rotatable bonds is 17. The topological polar surface area (TPSA) is 161 Å². The van der Waals surface area contributed by atoms with Crippen LogP contribution < -0.4 is 5.32 Å². The lowest BCUT2D eigenvalue weighted by Gasteiger charge is -2.34. The summed E-state index contributed by atoms with van der Waals surface area (Å²) in [5.74, 6) is 1.82. The van der Waals surface area contributed by atoms with Gasteiger partial charge in [0.25, 0.3) is 0 Å². The lowest BCUT2D eigenvalue weighted by molar-refractivity contribution is -0.136. The SMILES string of the molecule is C.C.C.CC(C)(C)C(=O)C1CCCC(C(=O)C(C)(C)C)C1.CC(C)(C)C(=O)CCCCCCCCC(=O)C(C)(C)C.CC(C)(C)C(=O)c1cncc(C(=O)C(C)(C)C)c1.CC(C)C(=O)CCNC(=O)C(C)(C)C. The van der Waals surface area contributed by atoms with E-state index in [1.165, 1.54) is 25.2 Å². The van der Waals surface area contributed by atoms with Crippen molar-refractivity contribution in [2.24, 2.45) is 55.7 Å². The zero-order valence-electron chi connectivity index (χ0n) is 49.1. The Balaban J connectivity index is -0.000000280. The van der Waals surface area contributed by atoms with E-state index in [1.54, 1.807) is 6.07 Å². The molecule has 1 saturated carbocycles. The number of nitrogens with zero attached hydrogens (tertiary/aromatic N) is 1. The van der Waals surface area contributed by atoms with Gasteiger partial charge in [-0.15, -0.1) is 0 Å². The molecule has 0 bridgehead atoms. The Labute approximate surface area is 450 Å². The molecule has 1 aliphatic rings. The van der Waals surface area contributed by atoms with Crippen molar-refractivity contribution < 1.29 is 38.4 Å². The summed E-state index contributed by atoms with van der Waals surface area (Å²) in [5, 5.41) is 2.75. The van der Waals surface area contributed by atoms with E-state index in [4.69, 9.17) is 0 Å². The third-order valence-electron chi connectivity index (χ3n) is 12.2. The van der Waals surface area contributed by atoms with Gasteiger partial charge in [0.2, 0.25) is 5.91 Å². The first kappa shape index (κ1) is 78.2. The smallest absolute Gasteiger partial charge is 0.225 e. The first-order valence-corrected chi connectivity index (χ1v) is 26.4. The molecule has 1 heterocycles. The van der Waals surface area contributed by atoms with Gasteiger partial charge in [0, 0.05) is 105 Å². The van der Waals surface area contributed by atoms with Crippen molar-refractivity contribution in [2.45, 2.75) is 265 Å². The summed E-state index contributed by atoms with van der Waals surface area (Å²) in [4.78, 5) is 99.0. The van der Waals surface area contributed by atoms with Crippen LogP contribution in [0.5, 0.6) is 0 Å². The van der Waals surface area contributed by atoms with Crippen molar-refractivity contribution in [2.75, 3.05) is 6.54 Å². The van der Waals surface area contributed by atoms with E-state index < -0.39 is 10.8 Å². The highest BCUT2D eigenvalue weighted by atomic mass is 16.2. The molecule has 0 spiro atoms. The number of aromatic nitrogens is 1. The largest absolute Gasteiger partial charge is 0.355 e. The highest BCUT2D eigenvalue weighted by molar-refractivity contribution is 6.04. The predicted molar refractivity (Wildman–Crippen MR) is 309 cm³/mol. The average Bonchev–Trinajstić information content (AvgIpc) is 3.21. The zero-order valence-corrected chi connectivity index (χ0v) is 49.1. The van der Waals surface area contributed by atoms with E-state index in [1.807, 2.05) is 159 Å². The number of unbranched alkanes of at least 4 members (excludes halogenated alkanes) is 5. The minimum Gasteiger partial charge on any atom is -0.355 e. The summed E-state index contributed by atoms with van der Waals surface area (Å²) in [6.07, 6.45) is 15.3. The number of Topliss-reactive ketones (excluding diaryl/α,β-unsaturated/α-hetero) is 7. The van der Waals surface area contributed by atoms with E-state index >= 15 is 0 Å². The summed E-state index contributed by atoms with van der Waals surface area (Å²) in [5.41, 5.74) is -1.25. The summed E-state index contributed by atoms with van der Waals surface area (Å²) in [7, 11) is 0. The van der Waals surface area contributed by atoms with E-state index in [9.17, 15) is 38.4 Å². The Morgan fingerprint density at radius 3 is 1.08 bits per heavy atom. The third kappa shape index (κ3) is 33.1. The molecular weight excluding hydrogens is 913 g/mol. The minimum atomic E-state index is -0.467. The van der Waals surface area contributed by atoms with Gasteiger partial charge in [-0.2, -0.15) is 0 Å². The Hall–Kier alpha value is -3.69. The summed E-state index contributed by atoms with van der Waals surface area (Å²) in [6.45, 7) is 44.7. The van der Waals surface area contributed by atoms with Gasteiger partial charge in [0.1, 0.15) is 28.9 Å². The Morgan fingerprint density at radius 1 is 0.479 bits per heavy atom. The fourth-order valence-electron chi connectivity index (χ4n) is 7.33. The van der Waals surface area contributed by atoms with Crippen LogP contribution in [0.1, 0.15) is 286 Å². The van der Waals surface area contributed by atoms with Gasteiger partial charge in [-0.3, -0.25) is 43.3 Å². The number of hydrogen-bond acceptors (Lipinski definition) is 9. The second-order valence-electron chi connectivity index (χ2n) is 27.3. The molecule has 0 aromatic carbocycles. The molecule has 0 saturated heterocycles. The maximum Gasteiger partial charge on any atom is 0.225 e. The van der Waals surface area contributed by atoms with Crippen LogP contribution in [-0.2, 0) is 28.8 Å². The number of pyridine rings is 1. The first-order chi connectivity index (χ1) is 31.4. The van der Waals surface area contributed by atoms with Crippen molar-refractivity contribution in [3.8, 4) is 0 Å². The molecule has 2 atom stereocenters. The van der Waals surface area contributed by atoms with E-state index in [0.717, 1.165) is 51.4 Å². The molecule has 1 N–H and O–H groups in total. The zero-order chi connectivity index (χ0) is 55.4. The van der Waals surface area contributed by atoms with Gasteiger partial charge in [0.05, 0.1) is 0 Å². The van der Waals surface area contributed by atoms with Crippen molar-refractivity contribution in [1.82, 2.24) is 10.3 Å². The van der Waals surface area contributed by atoms with Crippen LogP contribution in [-0.4, -0.2) is 57.9 Å². The highest BCUT2D eigenvalue weighted by Gasteiger charge is 2.38. The Bertz CT molecular complexity index is 1750. The average molecular weight is 1030 g/mol. The van der Waals surface area contributed by atoms with Crippen molar-refractivity contribution in [1.29, 1.82) is 0 Å². The molecule has 1 fully saturated rings. The van der Waals surface area contributed by atoms with Crippen LogP contribution in [0.4, 0.5) is 0 Å². The van der Waals surface area contributed by atoms with Crippen LogP contribution in [0.3, 0.4) is 0 Å². The van der Waals surface area contributed by atoms with Gasteiger partial charge in [-0.1, -0.05) is 214 Å². The molecule has 1 aromatic rings. The highest BCUT2D eigenvalue weighted by Crippen LogP contribution is 2.37. The maximum absolute atomic E-state index is 12.3. The fraction of sp³-hybridized carbons (Fsp3) is 0.794. The molecule has 73 heavy (non-hydrogen) atoms. The van der Waals surface area contributed by atoms with Gasteiger partial charge in [-0.05, 0) is 38.2 Å². The third-order valence-corrected chi connectivity index (χ3v) is 12.2. The summed E-state index contributed by atoms with van der Waals surface area (Å²) >= 11 is 0. The quantitative estimate of drug-likeness (QED) is 0.118. The van der Waals surface area contributed by atoms with Gasteiger partial charge in [-0.25, -0.2) is 0 Å². The molecule has 2 rings (SSSR count). The molecule has 0 aliphatic heterocycles. The number of amides is 1. The van der Waals surface area contributed by atoms with Crippen molar-refractivity contribution >= 4 is 46.4 Å². The number of carbonyl (C=O) groups excluding carboxylic acids is 8. The van der Waals surface area contributed by atoms with Gasteiger partial charge < -0.3 is 5.32 Å². The standard InChI is InChI=1S/C18H34O2.C16H28O2.C15H21NO2.C11H21NO2.3CH4/c1-17(2,3)15(19)13-11-9-7-8-10-12-14-16(20)18(4,5)6;1-15(2,3)13(17)11-8-7-9-12(10-11)14(18)16(4,5)6;1-14(2,3)12(17)10-7-11(9-16-8-10)13(18)15(4,5)6;1-8(2)9(13)6-7-12-10(14)11(3,4)5;;;/h7-14H2,1-6H3;11-12H,7-10H2,1-6H3;7-9H,1-6H3;8H,6-7H2,1-5H3,(H,12,14);3*1H4. The number of nitrogens with one attached hydrogen (secondary N) is 1. The maximum atomic E-state index is 12.3. The molecule has 1 amide bonds. The van der Waals surface area contributed by atoms with Crippen molar-refractivity contribution in [3.05, 3.63) is 29.6 Å². The second-order valence-corrected chi connectivity index (χ2v) is 27.3. The van der Waals surface area contributed by atoms with E-state index in [2.05, 4.69) is 10.3 Å². The van der Waals surface area contributed by atoms with Crippen LogP contribution in [0.15, 0.2) is 18.5 Å². The molecular formula is C63H116N2O8. The lowest BCUT2D eigenvalue weighted by Crippen LogP contribution is -2.37. The number of ketones is 7. The summed E-state index contributed by atoms with van der Waals surface area (Å²) < 4.78 is 0. The van der Waals surface area contributed by atoms with Gasteiger partial charge >= 0.3 is 0 Å². The number of carbonyl (C=O) groups is 8. The van der Waals surface area contributed by atoms with Crippen LogP contribution in [0.2, 0.25) is 0 Å².